The molecule has 3 rings (SSSR count). The molecule has 0 unspecified atom stereocenters. The zero-order valence-electron chi connectivity index (χ0n) is 14.6. The second-order valence-corrected chi connectivity index (χ2v) is 5.60. The van der Waals surface area contributed by atoms with Crippen LogP contribution >= 0.6 is 0 Å². The first-order valence-corrected chi connectivity index (χ1v) is 8.20. The van der Waals surface area contributed by atoms with E-state index in [0.29, 0.717) is 17.0 Å². The van der Waals surface area contributed by atoms with Gasteiger partial charge < -0.3 is 14.0 Å². The van der Waals surface area contributed by atoms with E-state index in [0.717, 1.165) is 11.1 Å². The Morgan fingerprint density at radius 1 is 1.07 bits per heavy atom. The highest BCUT2D eigenvalue weighted by molar-refractivity contribution is 5.90. The smallest absolute Gasteiger partial charge is 0.337 e. The van der Waals surface area contributed by atoms with E-state index in [9.17, 15) is 9.59 Å². The van der Waals surface area contributed by atoms with Gasteiger partial charge in [-0.3, -0.25) is 0 Å². The zero-order chi connectivity index (χ0) is 19.1. The maximum Gasteiger partial charge on any atom is 0.337 e. The number of ether oxygens (including phenoxy) is 2. The fourth-order valence-corrected chi connectivity index (χ4v) is 2.32. The standard InChI is InChI=1S/C21H17NO5/c1-25-21(24)17-10-7-15(8-11-17)9-12-20(23)26-14-18-13-19(27-22-18)16-5-3-2-4-6-16/h2-13H,14H2,1H3/b12-9+. The summed E-state index contributed by atoms with van der Waals surface area (Å²) in [6, 6.07) is 17.9. The molecule has 136 valence electrons. The predicted molar refractivity (Wildman–Crippen MR) is 98.6 cm³/mol. The second-order valence-electron chi connectivity index (χ2n) is 5.60. The largest absolute Gasteiger partial charge is 0.465 e. The summed E-state index contributed by atoms with van der Waals surface area (Å²) in [7, 11) is 1.32. The summed E-state index contributed by atoms with van der Waals surface area (Å²) in [5.41, 5.74) is 2.63. The van der Waals surface area contributed by atoms with Crippen molar-refractivity contribution in [1.82, 2.24) is 5.16 Å². The fraction of sp³-hybridized carbons (Fsp3) is 0.0952. The lowest BCUT2D eigenvalue weighted by molar-refractivity contribution is -0.139. The summed E-state index contributed by atoms with van der Waals surface area (Å²) in [5, 5.41) is 3.90. The van der Waals surface area contributed by atoms with Crippen molar-refractivity contribution in [2.45, 2.75) is 6.61 Å². The van der Waals surface area contributed by atoms with Gasteiger partial charge in [0.25, 0.3) is 0 Å². The first kappa shape index (κ1) is 18.1. The molecule has 6 nitrogen and oxygen atoms in total. The maximum absolute atomic E-state index is 11.8. The van der Waals surface area contributed by atoms with Crippen LogP contribution in [0, 0.1) is 0 Å². The molecular formula is C21H17NO5. The van der Waals surface area contributed by atoms with Gasteiger partial charge in [-0.05, 0) is 23.8 Å². The Morgan fingerprint density at radius 2 is 1.81 bits per heavy atom. The summed E-state index contributed by atoms with van der Waals surface area (Å²) in [5.74, 6) is -0.299. The Kier molecular flexibility index (Phi) is 5.79. The number of rotatable bonds is 6. The summed E-state index contributed by atoms with van der Waals surface area (Å²) in [6.45, 7) is 0.0147. The minimum absolute atomic E-state index is 0.0147. The van der Waals surface area contributed by atoms with Gasteiger partial charge >= 0.3 is 11.9 Å². The second kappa shape index (κ2) is 8.62. The Hall–Kier alpha value is -3.67. The average Bonchev–Trinajstić information content (AvgIpc) is 3.20. The van der Waals surface area contributed by atoms with Gasteiger partial charge in [0.1, 0.15) is 12.3 Å². The third kappa shape index (κ3) is 4.92. The van der Waals surface area contributed by atoms with Gasteiger partial charge in [0, 0.05) is 17.7 Å². The topological polar surface area (TPSA) is 78.6 Å². The van der Waals surface area contributed by atoms with Gasteiger partial charge in [-0.25, -0.2) is 9.59 Å². The molecule has 0 atom stereocenters. The minimum Gasteiger partial charge on any atom is -0.465 e. The van der Waals surface area contributed by atoms with Crippen LogP contribution in [0.4, 0.5) is 0 Å². The van der Waals surface area contributed by atoms with Crippen LogP contribution in [0.25, 0.3) is 17.4 Å². The summed E-state index contributed by atoms with van der Waals surface area (Å²) in [6.07, 6.45) is 2.91. The molecule has 0 saturated heterocycles. The van der Waals surface area contributed by atoms with Crippen molar-refractivity contribution in [1.29, 1.82) is 0 Å². The number of hydrogen-bond acceptors (Lipinski definition) is 6. The van der Waals surface area contributed by atoms with Crippen LogP contribution in [0.3, 0.4) is 0 Å². The molecular weight excluding hydrogens is 346 g/mol. The normalized spacial score (nSPS) is 10.7. The molecule has 6 heteroatoms. The number of benzene rings is 2. The van der Waals surface area contributed by atoms with Gasteiger partial charge in [0.2, 0.25) is 0 Å². The molecule has 0 N–H and O–H groups in total. The molecule has 2 aromatic carbocycles. The van der Waals surface area contributed by atoms with Crippen molar-refractivity contribution in [3.63, 3.8) is 0 Å². The van der Waals surface area contributed by atoms with Crippen LogP contribution in [0.2, 0.25) is 0 Å². The lowest BCUT2D eigenvalue weighted by atomic mass is 10.1. The summed E-state index contributed by atoms with van der Waals surface area (Å²) >= 11 is 0. The minimum atomic E-state index is -0.503. The molecule has 1 aromatic heterocycles. The molecule has 0 bridgehead atoms. The number of esters is 2. The van der Waals surface area contributed by atoms with Crippen molar-refractivity contribution in [2.75, 3.05) is 7.11 Å². The third-order valence-corrected chi connectivity index (χ3v) is 3.72. The maximum atomic E-state index is 11.8. The first-order chi connectivity index (χ1) is 13.2. The van der Waals surface area contributed by atoms with E-state index in [1.54, 1.807) is 36.4 Å². The third-order valence-electron chi connectivity index (χ3n) is 3.72. The molecule has 0 aliphatic rings. The van der Waals surface area contributed by atoms with Crippen LogP contribution in [0.1, 0.15) is 21.6 Å². The van der Waals surface area contributed by atoms with Crippen molar-refractivity contribution >= 4 is 18.0 Å². The molecule has 0 radical (unpaired) electrons. The number of carbonyl (C=O) groups excluding carboxylic acids is 2. The lowest BCUT2D eigenvalue weighted by Crippen LogP contribution is -2.01. The predicted octanol–water partition coefficient (Wildman–Crippen LogP) is 3.88. The zero-order valence-corrected chi connectivity index (χ0v) is 14.6. The molecule has 0 aliphatic heterocycles. The molecule has 0 spiro atoms. The summed E-state index contributed by atoms with van der Waals surface area (Å²) < 4.78 is 15.0. The van der Waals surface area contributed by atoms with Gasteiger partial charge in [0.05, 0.1) is 12.7 Å². The SMILES string of the molecule is COC(=O)c1ccc(/C=C/C(=O)OCc2cc(-c3ccccc3)on2)cc1. The Labute approximate surface area is 156 Å². The molecule has 3 aromatic rings. The number of nitrogens with zero attached hydrogens (tertiary/aromatic N) is 1. The van der Waals surface area contributed by atoms with E-state index in [1.165, 1.54) is 13.2 Å². The van der Waals surface area contributed by atoms with E-state index in [1.807, 2.05) is 30.3 Å². The van der Waals surface area contributed by atoms with Gasteiger partial charge in [0.15, 0.2) is 5.76 Å². The van der Waals surface area contributed by atoms with Gasteiger partial charge in [-0.1, -0.05) is 47.6 Å². The van der Waals surface area contributed by atoms with E-state index in [4.69, 9.17) is 9.26 Å². The van der Waals surface area contributed by atoms with Crippen molar-refractivity contribution in [2.24, 2.45) is 0 Å². The number of carbonyl (C=O) groups is 2. The molecule has 0 saturated carbocycles. The molecule has 1 heterocycles. The highest BCUT2D eigenvalue weighted by Gasteiger charge is 2.08. The number of methoxy groups -OCH3 is 1. The summed E-state index contributed by atoms with van der Waals surface area (Å²) in [4.78, 5) is 23.2. The Morgan fingerprint density at radius 3 is 2.52 bits per heavy atom. The van der Waals surface area contributed by atoms with Crippen LogP contribution in [-0.4, -0.2) is 24.2 Å². The quantitative estimate of drug-likeness (QED) is 0.488. The van der Waals surface area contributed by atoms with Crippen LogP contribution in [-0.2, 0) is 20.9 Å². The number of hydrogen-bond donors (Lipinski definition) is 0. The lowest BCUT2D eigenvalue weighted by Gasteiger charge is -2.00. The highest BCUT2D eigenvalue weighted by atomic mass is 16.5. The first-order valence-electron chi connectivity index (χ1n) is 8.20. The van der Waals surface area contributed by atoms with Crippen LogP contribution in [0.5, 0.6) is 0 Å². The van der Waals surface area contributed by atoms with Crippen LogP contribution in [0.15, 0.2) is 71.3 Å². The van der Waals surface area contributed by atoms with Gasteiger partial charge in [-0.15, -0.1) is 0 Å². The molecule has 27 heavy (non-hydrogen) atoms. The monoisotopic (exact) mass is 363 g/mol. The van der Waals surface area contributed by atoms with Crippen molar-refractivity contribution in [3.8, 4) is 11.3 Å². The average molecular weight is 363 g/mol. The Balaban J connectivity index is 1.53. The van der Waals surface area contributed by atoms with E-state index in [-0.39, 0.29) is 6.61 Å². The Bertz CT molecular complexity index is 942. The highest BCUT2D eigenvalue weighted by Crippen LogP contribution is 2.20. The van der Waals surface area contributed by atoms with Gasteiger partial charge in [-0.2, -0.15) is 0 Å². The van der Waals surface area contributed by atoms with Crippen LogP contribution < -0.4 is 0 Å². The van der Waals surface area contributed by atoms with E-state index >= 15 is 0 Å². The van der Waals surface area contributed by atoms with E-state index in [2.05, 4.69) is 9.89 Å². The number of aromatic nitrogens is 1. The molecule has 0 aliphatic carbocycles. The van der Waals surface area contributed by atoms with Crippen molar-refractivity contribution < 1.29 is 23.6 Å². The molecule has 0 amide bonds. The molecule has 0 fully saturated rings. The van der Waals surface area contributed by atoms with E-state index < -0.39 is 11.9 Å². The fourth-order valence-electron chi connectivity index (χ4n) is 2.32. The van der Waals surface area contributed by atoms with Crippen molar-refractivity contribution in [3.05, 3.63) is 83.6 Å².